The minimum absolute atomic E-state index is 0.00167. The minimum Gasteiger partial charge on any atom is -0.398 e. The zero-order valence-electron chi connectivity index (χ0n) is 16.4. The van der Waals surface area contributed by atoms with Crippen molar-refractivity contribution in [3.05, 3.63) is 22.9 Å². The van der Waals surface area contributed by atoms with Crippen molar-refractivity contribution in [2.45, 2.75) is 51.0 Å². The van der Waals surface area contributed by atoms with Gasteiger partial charge in [-0.15, -0.1) is 11.8 Å². The summed E-state index contributed by atoms with van der Waals surface area (Å²) in [7, 11) is 1.63. The highest BCUT2D eigenvalue weighted by atomic mass is 32.2. The third-order valence-electron chi connectivity index (χ3n) is 3.96. The summed E-state index contributed by atoms with van der Waals surface area (Å²) in [6.07, 6.45) is 3.64. The number of nitrogens with one attached hydrogen (secondary N) is 1. The number of nitrogens with zero attached hydrogens (tertiary/aromatic N) is 1. The lowest BCUT2D eigenvalue weighted by molar-refractivity contribution is 0.0516. The monoisotopic (exact) mass is 420 g/mol. The van der Waals surface area contributed by atoms with E-state index in [1.165, 1.54) is 11.8 Å². The second-order valence-electron chi connectivity index (χ2n) is 6.62. The van der Waals surface area contributed by atoms with Gasteiger partial charge in [0.05, 0.1) is 37.0 Å². The first-order valence-corrected chi connectivity index (χ1v) is 10.6. The van der Waals surface area contributed by atoms with Gasteiger partial charge >= 0.3 is 0 Å². The van der Waals surface area contributed by atoms with Crippen LogP contribution in [0.1, 0.15) is 33.1 Å². The molecule has 156 valence electrons. The van der Waals surface area contributed by atoms with Crippen molar-refractivity contribution >= 4 is 27.1 Å². The standard InChI is InChI=1S/C17H33N4O4PS/c1-12(17(2,3)22)27-9-8-24-26-25-10-13(23-4)6-5-7-14-15(18)16(19)21-11-20-14/h11,13,16,22,26H,1,5-10,18-19H2,2-4H3,(H,20,21). The van der Waals surface area contributed by atoms with E-state index in [-0.39, 0.29) is 15.1 Å². The maximum Gasteiger partial charge on any atom is 0.155 e. The molecule has 0 saturated heterocycles. The Morgan fingerprint density at radius 3 is 2.93 bits per heavy atom. The number of ether oxygens (including phenoxy) is 1. The SMILES string of the molecule is C=C(SCCOPOCC(CCCC1=C(N)C(N)N=CN1)OC)C(C)(C)O. The van der Waals surface area contributed by atoms with Crippen LogP contribution in [0.4, 0.5) is 0 Å². The fourth-order valence-corrected chi connectivity index (χ4v) is 3.56. The summed E-state index contributed by atoms with van der Waals surface area (Å²) in [4.78, 5) is 4.72. The quantitative estimate of drug-likeness (QED) is 0.248. The molecule has 1 aliphatic rings. The van der Waals surface area contributed by atoms with E-state index in [9.17, 15) is 5.11 Å². The maximum absolute atomic E-state index is 9.77. The molecule has 8 nitrogen and oxygen atoms in total. The average Bonchev–Trinajstić information content (AvgIpc) is 2.61. The molecule has 27 heavy (non-hydrogen) atoms. The Kier molecular flexibility index (Phi) is 11.5. The lowest BCUT2D eigenvalue weighted by atomic mass is 10.1. The highest BCUT2D eigenvalue weighted by Crippen LogP contribution is 2.26. The first kappa shape index (κ1) is 24.4. The molecule has 0 radical (unpaired) electrons. The molecular formula is C17H33N4O4PS. The molecule has 0 fully saturated rings. The van der Waals surface area contributed by atoms with Crippen LogP contribution in [0.25, 0.3) is 0 Å². The Labute approximate surface area is 168 Å². The van der Waals surface area contributed by atoms with E-state index in [2.05, 4.69) is 16.9 Å². The topological polar surface area (TPSA) is 124 Å². The van der Waals surface area contributed by atoms with Crippen molar-refractivity contribution in [2.24, 2.45) is 16.5 Å². The number of hydrogen-bond acceptors (Lipinski definition) is 9. The van der Waals surface area contributed by atoms with Gasteiger partial charge in [-0.2, -0.15) is 0 Å². The van der Waals surface area contributed by atoms with Crippen LogP contribution in [0.15, 0.2) is 27.9 Å². The molecule has 0 amide bonds. The molecule has 0 aromatic heterocycles. The van der Waals surface area contributed by atoms with Crippen molar-refractivity contribution in [3.63, 3.8) is 0 Å². The van der Waals surface area contributed by atoms with Crippen LogP contribution in [0.3, 0.4) is 0 Å². The summed E-state index contributed by atoms with van der Waals surface area (Å²) in [5, 5.41) is 12.8. The summed E-state index contributed by atoms with van der Waals surface area (Å²) < 4.78 is 16.5. The second kappa shape index (κ2) is 12.7. The lowest BCUT2D eigenvalue weighted by Crippen LogP contribution is -2.35. The molecular weight excluding hydrogens is 387 g/mol. The number of aliphatic hydroxyl groups is 1. The molecule has 1 heterocycles. The number of allylic oxidation sites excluding steroid dienone is 1. The summed E-state index contributed by atoms with van der Waals surface area (Å²) >= 11 is 1.49. The summed E-state index contributed by atoms with van der Waals surface area (Å²) in [6.45, 7) is 8.30. The van der Waals surface area contributed by atoms with Crippen LogP contribution in [-0.2, 0) is 13.8 Å². The summed E-state index contributed by atoms with van der Waals surface area (Å²) in [5.74, 6) is 0.724. The Morgan fingerprint density at radius 1 is 1.52 bits per heavy atom. The number of rotatable bonds is 14. The lowest BCUT2D eigenvalue weighted by Gasteiger charge is -2.20. The minimum atomic E-state index is -0.874. The van der Waals surface area contributed by atoms with E-state index in [0.717, 1.165) is 35.6 Å². The van der Waals surface area contributed by atoms with Gasteiger partial charge in [0, 0.05) is 23.5 Å². The molecule has 6 N–H and O–H groups in total. The van der Waals surface area contributed by atoms with E-state index in [4.69, 9.17) is 25.3 Å². The van der Waals surface area contributed by atoms with Crippen molar-refractivity contribution in [1.29, 1.82) is 0 Å². The predicted molar refractivity (Wildman–Crippen MR) is 114 cm³/mol. The van der Waals surface area contributed by atoms with Crippen LogP contribution in [0.2, 0.25) is 0 Å². The van der Waals surface area contributed by atoms with Gasteiger partial charge in [-0.25, -0.2) is 0 Å². The Bertz CT molecular complexity index is 526. The van der Waals surface area contributed by atoms with Gasteiger partial charge in [0.2, 0.25) is 0 Å². The van der Waals surface area contributed by atoms with Crippen LogP contribution in [0, 0.1) is 0 Å². The fourth-order valence-electron chi connectivity index (χ4n) is 2.12. The Hall–Kier alpha value is -0.670. The van der Waals surface area contributed by atoms with Gasteiger partial charge in [-0.05, 0) is 33.1 Å². The largest absolute Gasteiger partial charge is 0.398 e. The maximum atomic E-state index is 9.77. The van der Waals surface area contributed by atoms with Crippen LogP contribution in [-0.4, -0.2) is 55.4 Å². The van der Waals surface area contributed by atoms with Gasteiger partial charge in [0.15, 0.2) is 9.03 Å². The third kappa shape index (κ3) is 9.89. The Balaban J connectivity index is 2.09. The third-order valence-corrected chi connectivity index (χ3v) is 5.78. The molecule has 10 heteroatoms. The van der Waals surface area contributed by atoms with Gasteiger partial charge in [-0.3, -0.25) is 4.99 Å². The summed E-state index contributed by atoms with van der Waals surface area (Å²) in [6, 6.07) is 0. The number of nitrogens with two attached hydrogens (primary N) is 2. The zero-order valence-corrected chi connectivity index (χ0v) is 18.2. The molecule has 0 bridgehead atoms. The molecule has 0 aromatic carbocycles. The van der Waals surface area contributed by atoms with Gasteiger partial charge in [0.25, 0.3) is 0 Å². The van der Waals surface area contributed by atoms with E-state index in [1.54, 1.807) is 27.3 Å². The first-order chi connectivity index (χ1) is 12.8. The molecule has 0 saturated carbocycles. The van der Waals surface area contributed by atoms with E-state index in [1.807, 2.05) is 0 Å². The molecule has 0 aliphatic carbocycles. The molecule has 3 unspecified atom stereocenters. The number of hydrogen-bond donors (Lipinski definition) is 4. The van der Waals surface area contributed by atoms with Crippen molar-refractivity contribution in [3.8, 4) is 0 Å². The predicted octanol–water partition coefficient (Wildman–Crippen LogP) is 1.82. The number of aliphatic imine (C=N–C) groups is 1. The van der Waals surface area contributed by atoms with Crippen LogP contribution >= 0.6 is 20.8 Å². The van der Waals surface area contributed by atoms with E-state index >= 15 is 0 Å². The zero-order chi connectivity index (χ0) is 20.3. The van der Waals surface area contributed by atoms with Gasteiger partial charge in [-0.1, -0.05) is 6.58 Å². The Morgan fingerprint density at radius 2 is 2.26 bits per heavy atom. The van der Waals surface area contributed by atoms with E-state index < -0.39 is 11.8 Å². The van der Waals surface area contributed by atoms with Gasteiger partial charge < -0.3 is 35.7 Å². The highest BCUT2D eigenvalue weighted by Gasteiger charge is 2.17. The van der Waals surface area contributed by atoms with Crippen molar-refractivity contribution in [1.82, 2.24) is 5.32 Å². The first-order valence-electron chi connectivity index (χ1n) is 8.84. The molecule has 1 rings (SSSR count). The van der Waals surface area contributed by atoms with Crippen LogP contribution < -0.4 is 16.8 Å². The summed E-state index contributed by atoms with van der Waals surface area (Å²) in [5.41, 5.74) is 12.4. The fraction of sp³-hybridized carbons (Fsp3) is 0.706. The molecule has 3 atom stereocenters. The number of thioether (sulfide) groups is 1. The van der Waals surface area contributed by atoms with E-state index in [0.29, 0.717) is 18.9 Å². The average molecular weight is 421 g/mol. The van der Waals surface area contributed by atoms with Crippen LogP contribution in [0.5, 0.6) is 0 Å². The van der Waals surface area contributed by atoms with Crippen molar-refractivity contribution in [2.75, 3.05) is 26.1 Å². The molecule has 0 aromatic rings. The van der Waals surface area contributed by atoms with Gasteiger partial charge in [0.1, 0.15) is 6.17 Å². The second-order valence-corrected chi connectivity index (χ2v) is 8.56. The number of methoxy groups -OCH3 is 1. The molecule has 0 spiro atoms. The molecule has 1 aliphatic heterocycles. The normalized spacial score (nSPS) is 18.9. The smallest absolute Gasteiger partial charge is 0.155 e. The van der Waals surface area contributed by atoms with Crippen molar-refractivity contribution < 1.29 is 18.9 Å². The highest BCUT2D eigenvalue weighted by molar-refractivity contribution is 8.03.